The summed E-state index contributed by atoms with van der Waals surface area (Å²) in [6.07, 6.45) is 1.81. The van der Waals surface area contributed by atoms with E-state index < -0.39 is 0 Å². The Kier molecular flexibility index (Phi) is 4.90. The number of rotatable bonds is 3. The van der Waals surface area contributed by atoms with E-state index in [2.05, 4.69) is 6.07 Å². The van der Waals surface area contributed by atoms with E-state index in [4.69, 9.17) is 23.2 Å². The van der Waals surface area contributed by atoms with Crippen molar-refractivity contribution in [2.45, 2.75) is 0 Å². The molecule has 0 fully saturated rings. The smallest absolute Gasteiger partial charge is 0.0998 e. The molecule has 106 valence electrons. The highest BCUT2D eigenvalue weighted by Crippen LogP contribution is 2.28. The van der Waals surface area contributed by atoms with Crippen LogP contribution in [0.25, 0.3) is 11.6 Å². The van der Waals surface area contributed by atoms with Gasteiger partial charge in [-0.1, -0.05) is 41.4 Å². The van der Waals surface area contributed by atoms with Gasteiger partial charge in [-0.05, 0) is 35.9 Å². The SMILES string of the molecule is CN(C)c1ccc(C=C(C#N)c2ccc(Cl)cc2Cl)cc1. The van der Waals surface area contributed by atoms with Crippen LogP contribution in [0.2, 0.25) is 10.0 Å². The summed E-state index contributed by atoms with van der Waals surface area (Å²) in [6, 6.07) is 15.3. The van der Waals surface area contributed by atoms with Crippen molar-refractivity contribution >= 4 is 40.5 Å². The molecule has 0 aliphatic heterocycles. The number of hydrogen-bond acceptors (Lipinski definition) is 2. The third-order valence-electron chi connectivity index (χ3n) is 3.06. The quantitative estimate of drug-likeness (QED) is 0.580. The monoisotopic (exact) mass is 316 g/mol. The minimum Gasteiger partial charge on any atom is -0.378 e. The van der Waals surface area contributed by atoms with Crippen LogP contribution in [0.1, 0.15) is 11.1 Å². The minimum atomic E-state index is 0.472. The highest BCUT2D eigenvalue weighted by Gasteiger charge is 2.07. The second-order valence-electron chi connectivity index (χ2n) is 4.78. The van der Waals surface area contributed by atoms with E-state index in [1.54, 1.807) is 18.2 Å². The lowest BCUT2D eigenvalue weighted by Gasteiger charge is -2.12. The lowest BCUT2D eigenvalue weighted by Crippen LogP contribution is -2.07. The molecule has 0 amide bonds. The molecular weight excluding hydrogens is 303 g/mol. The minimum absolute atomic E-state index is 0.472. The third-order valence-corrected chi connectivity index (χ3v) is 3.61. The maximum atomic E-state index is 9.36. The first kappa shape index (κ1) is 15.4. The fraction of sp³-hybridized carbons (Fsp3) is 0.118. The first-order valence-electron chi connectivity index (χ1n) is 6.36. The molecule has 2 aromatic rings. The van der Waals surface area contributed by atoms with Crippen LogP contribution in [0.3, 0.4) is 0 Å². The summed E-state index contributed by atoms with van der Waals surface area (Å²) < 4.78 is 0. The van der Waals surface area contributed by atoms with E-state index in [0.717, 1.165) is 11.3 Å². The maximum Gasteiger partial charge on any atom is 0.0998 e. The Labute approximate surface area is 134 Å². The summed E-state index contributed by atoms with van der Waals surface area (Å²) in [4.78, 5) is 2.02. The molecule has 0 heterocycles. The van der Waals surface area contributed by atoms with Gasteiger partial charge in [0.05, 0.1) is 16.7 Å². The Balaban J connectivity index is 2.39. The van der Waals surface area contributed by atoms with Gasteiger partial charge in [-0.25, -0.2) is 0 Å². The molecule has 0 atom stereocenters. The van der Waals surface area contributed by atoms with Crippen LogP contribution in [0, 0.1) is 11.3 Å². The summed E-state index contributed by atoms with van der Waals surface area (Å²) in [5.41, 5.74) is 3.24. The zero-order valence-corrected chi connectivity index (χ0v) is 13.3. The molecule has 2 rings (SSSR count). The largest absolute Gasteiger partial charge is 0.378 e. The summed E-state index contributed by atoms with van der Waals surface area (Å²) in [5.74, 6) is 0. The van der Waals surface area contributed by atoms with E-state index in [9.17, 15) is 5.26 Å². The highest BCUT2D eigenvalue weighted by molar-refractivity contribution is 6.36. The van der Waals surface area contributed by atoms with Gasteiger partial charge in [0.25, 0.3) is 0 Å². The molecule has 0 saturated heterocycles. The van der Waals surface area contributed by atoms with E-state index >= 15 is 0 Å². The molecule has 0 aliphatic rings. The second-order valence-corrected chi connectivity index (χ2v) is 5.62. The van der Waals surface area contributed by atoms with E-state index in [0.29, 0.717) is 21.2 Å². The van der Waals surface area contributed by atoms with Crippen molar-refractivity contribution < 1.29 is 0 Å². The first-order chi connectivity index (χ1) is 10.0. The number of hydrogen-bond donors (Lipinski definition) is 0. The van der Waals surface area contributed by atoms with Gasteiger partial charge < -0.3 is 4.90 Å². The van der Waals surface area contributed by atoms with E-state index in [1.165, 1.54) is 0 Å². The van der Waals surface area contributed by atoms with Crippen LogP contribution in [0.4, 0.5) is 5.69 Å². The summed E-state index contributed by atoms with van der Waals surface area (Å²) in [5, 5.41) is 10.4. The van der Waals surface area contributed by atoms with Gasteiger partial charge in [0.15, 0.2) is 0 Å². The Morgan fingerprint density at radius 2 is 1.76 bits per heavy atom. The maximum absolute atomic E-state index is 9.36. The van der Waals surface area contributed by atoms with Crippen LogP contribution < -0.4 is 4.90 Å². The normalized spacial score (nSPS) is 11.1. The van der Waals surface area contributed by atoms with Crippen molar-refractivity contribution in [3.8, 4) is 6.07 Å². The fourth-order valence-corrected chi connectivity index (χ4v) is 2.42. The Hall–Kier alpha value is -1.95. The summed E-state index contributed by atoms with van der Waals surface area (Å²) >= 11 is 12.0. The molecule has 0 aliphatic carbocycles. The lowest BCUT2D eigenvalue weighted by atomic mass is 10.0. The zero-order valence-electron chi connectivity index (χ0n) is 11.8. The van der Waals surface area contributed by atoms with Gasteiger partial charge >= 0.3 is 0 Å². The highest BCUT2D eigenvalue weighted by atomic mass is 35.5. The van der Waals surface area contributed by atoms with Crippen LogP contribution in [-0.2, 0) is 0 Å². The van der Waals surface area contributed by atoms with E-state index in [-0.39, 0.29) is 0 Å². The van der Waals surface area contributed by atoms with Crippen LogP contribution in [0.5, 0.6) is 0 Å². The van der Waals surface area contributed by atoms with Crippen molar-refractivity contribution in [3.05, 3.63) is 63.6 Å². The second kappa shape index (κ2) is 6.67. The predicted octanol–water partition coefficient (Wildman–Crippen LogP) is 5.12. The number of nitriles is 1. The topological polar surface area (TPSA) is 27.0 Å². The molecule has 0 aromatic heterocycles. The Bertz CT molecular complexity index is 711. The van der Waals surface area contributed by atoms with Gasteiger partial charge in [0.1, 0.15) is 0 Å². The molecule has 4 heteroatoms. The third kappa shape index (κ3) is 3.78. The number of nitrogens with zero attached hydrogens (tertiary/aromatic N) is 2. The molecule has 0 radical (unpaired) electrons. The Morgan fingerprint density at radius 3 is 2.29 bits per heavy atom. The van der Waals surface area contributed by atoms with Gasteiger partial charge in [-0.3, -0.25) is 0 Å². The molecule has 2 aromatic carbocycles. The number of anilines is 1. The van der Waals surface area contributed by atoms with Gasteiger partial charge in [0, 0.05) is 30.4 Å². The van der Waals surface area contributed by atoms with Gasteiger partial charge in [-0.2, -0.15) is 5.26 Å². The molecule has 0 N–H and O–H groups in total. The summed E-state index contributed by atoms with van der Waals surface area (Å²) in [6.45, 7) is 0. The van der Waals surface area contributed by atoms with Gasteiger partial charge in [0.2, 0.25) is 0 Å². The van der Waals surface area contributed by atoms with E-state index in [1.807, 2.05) is 49.3 Å². The number of halogens is 2. The summed E-state index contributed by atoms with van der Waals surface area (Å²) in [7, 11) is 3.97. The average Bonchev–Trinajstić information content (AvgIpc) is 2.46. The first-order valence-corrected chi connectivity index (χ1v) is 7.11. The van der Waals surface area contributed by atoms with Crippen molar-refractivity contribution in [3.63, 3.8) is 0 Å². The molecule has 0 bridgehead atoms. The van der Waals surface area contributed by atoms with Crippen molar-refractivity contribution in [1.29, 1.82) is 5.26 Å². The molecule has 2 nitrogen and oxygen atoms in total. The van der Waals surface area contributed by atoms with Crippen LogP contribution in [0.15, 0.2) is 42.5 Å². The molecule has 0 unspecified atom stereocenters. The lowest BCUT2D eigenvalue weighted by molar-refractivity contribution is 1.13. The molecule has 0 saturated carbocycles. The zero-order chi connectivity index (χ0) is 15.4. The Morgan fingerprint density at radius 1 is 1.10 bits per heavy atom. The number of benzene rings is 2. The van der Waals surface area contributed by atoms with Crippen LogP contribution >= 0.6 is 23.2 Å². The molecular formula is C17H14Cl2N2. The standard InChI is InChI=1S/C17H14Cl2N2/c1-21(2)15-6-3-12(4-7-15)9-13(11-20)16-8-5-14(18)10-17(16)19/h3-10H,1-2H3. The average molecular weight is 317 g/mol. The fourth-order valence-electron chi connectivity index (χ4n) is 1.91. The van der Waals surface area contributed by atoms with Crippen molar-refractivity contribution in [1.82, 2.24) is 0 Å². The van der Waals surface area contributed by atoms with Crippen LogP contribution in [-0.4, -0.2) is 14.1 Å². The number of allylic oxidation sites excluding steroid dienone is 1. The van der Waals surface area contributed by atoms with Crippen molar-refractivity contribution in [2.75, 3.05) is 19.0 Å². The molecule has 0 spiro atoms. The molecule has 21 heavy (non-hydrogen) atoms. The van der Waals surface area contributed by atoms with Gasteiger partial charge in [-0.15, -0.1) is 0 Å². The van der Waals surface area contributed by atoms with Crippen molar-refractivity contribution in [2.24, 2.45) is 0 Å². The predicted molar refractivity (Wildman–Crippen MR) is 90.7 cm³/mol.